The average molecular weight is 392 g/mol. The minimum Gasteiger partial charge on any atom is -0.399 e. The molecule has 0 aliphatic carbocycles. The highest BCUT2D eigenvalue weighted by molar-refractivity contribution is 7.82. The van der Waals surface area contributed by atoms with E-state index in [-0.39, 0.29) is 6.54 Å². The standard InChI is InChI=1S/C16H20N6O4S/c17-10-1-3-12(19)14(7-10)21-5-6-22(15-8-11(18)2-4-13(15)20)16(9-21)25-27(23,24)26-16/h1-4,7-8H,5-6,9,17-20H2. The molecule has 0 bridgehead atoms. The maximum atomic E-state index is 11.7. The van der Waals surface area contributed by atoms with Crippen molar-refractivity contribution in [3.8, 4) is 0 Å². The third kappa shape index (κ3) is 2.95. The number of nitrogens with two attached hydrogens (primary N) is 4. The van der Waals surface area contributed by atoms with Crippen LogP contribution < -0.4 is 32.7 Å². The van der Waals surface area contributed by atoms with Gasteiger partial charge in [0.2, 0.25) is 0 Å². The maximum absolute atomic E-state index is 11.7. The molecule has 0 unspecified atom stereocenters. The molecule has 2 aliphatic rings. The molecule has 2 aromatic rings. The molecule has 0 atom stereocenters. The number of benzene rings is 2. The fraction of sp³-hybridized carbons (Fsp3) is 0.250. The third-order valence-electron chi connectivity index (χ3n) is 4.60. The molecule has 0 aromatic heterocycles. The minimum absolute atomic E-state index is 0.0775. The van der Waals surface area contributed by atoms with E-state index in [0.29, 0.717) is 47.2 Å². The molecule has 0 saturated carbocycles. The summed E-state index contributed by atoms with van der Waals surface area (Å²) in [7, 11) is -4.07. The summed E-state index contributed by atoms with van der Waals surface area (Å²) in [6.45, 7) is 0.946. The van der Waals surface area contributed by atoms with E-state index in [1.165, 1.54) is 0 Å². The van der Waals surface area contributed by atoms with Gasteiger partial charge < -0.3 is 32.7 Å². The van der Waals surface area contributed by atoms with Gasteiger partial charge in [0.05, 0.1) is 29.3 Å². The molecule has 2 fully saturated rings. The smallest absolute Gasteiger partial charge is 0.399 e. The van der Waals surface area contributed by atoms with Gasteiger partial charge in [0.25, 0.3) is 0 Å². The van der Waals surface area contributed by atoms with Crippen molar-refractivity contribution in [1.82, 2.24) is 0 Å². The molecular weight excluding hydrogens is 372 g/mol. The summed E-state index contributed by atoms with van der Waals surface area (Å²) in [5, 5.41) is 0. The van der Waals surface area contributed by atoms with Gasteiger partial charge in [-0.15, -0.1) is 0 Å². The fourth-order valence-corrected chi connectivity index (χ4v) is 4.34. The van der Waals surface area contributed by atoms with Gasteiger partial charge in [-0.3, -0.25) is 0 Å². The van der Waals surface area contributed by atoms with Gasteiger partial charge >= 0.3 is 16.3 Å². The first-order valence-electron chi connectivity index (χ1n) is 8.18. The Morgan fingerprint density at radius 3 is 2.00 bits per heavy atom. The van der Waals surface area contributed by atoms with E-state index in [9.17, 15) is 8.42 Å². The highest BCUT2D eigenvalue weighted by Crippen LogP contribution is 2.44. The van der Waals surface area contributed by atoms with Crippen LogP contribution in [0.1, 0.15) is 0 Å². The molecule has 0 radical (unpaired) electrons. The molecule has 144 valence electrons. The molecule has 8 N–H and O–H groups in total. The van der Waals surface area contributed by atoms with E-state index in [1.807, 2.05) is 4.90 Å². The van der Waals surface area contributed by atoms with Crippen LogP contribution in [0.2, 0.25) is 0 Å². The predicted molar refractivity (Wildman–Crippen MR) is 104 cm³/mol. The van der Waals surface area contributed by atoms with Crippen LogP contribution in [-0.2, 0) is 18.8 Å². The Hall–Kier alpha value is -2.89. The van der Waals surface area contributed by atoms with E-state index >= 15 is 0 Å². The monoisotopic (exact) mass is 392 g/mol. The Labute approximate surface area is 156 Å². The van der Waals surface area contributed by atoms with Gasteiger partial charge in [-0.1, -0.05) is 0 Å². The first-order chi connectivity index (χ1) is 12.7. The fourth-order valence-electron chi connectivity index (χ4n) is 3.40. The van der Waals surface area contributed by atoms with Crippen molar-refractivity contribution in [3.05, 3.63) is 36.4 Å². The Morgan fingerprint density at radius 2 is 1.41 bits per heavy atom. The summed E-state index contributed by atoms with van der Waals surface area (Å²) in [5.41, 5.74) is 27.0. The van der Waals surface area contributed by atoms with E-state index in [2.05, 4.69) is 0 Å². The van der Waals surface area contributed by atoms with Crippen LogP contribution in [0.5, 0.6) is 0 Å². The summed E-state index contributed by atoms with van der Waals surface area (Å²) in [6.07, 6.45) is 0. The van der Waals surface area contributed by atoms with Crippen molar-refractivity contribution >= 4 is 44.5 Å². The summed E-state index contributed by atoms with van der Waals surface area (Å²) in [6, 6.07) is 10.1. The zero-order valence-corrected chi connectivity index (χ0v) is 15.1. The first-order valence-corrected chi connectivity index (χ1v) is 9.51. The zero-order chi connectivity index (χ0) is 19.4. The van der Waals surface area contributed by atoms with Crippen molar-refractivity contribution in [2.75, 3.05) is 52.4 Å². The summed E-state index contributed by atoms with van der Waals surface area (Å²) in [4.78, 5) is 3.51. The molecule has 1 spiro atoms. The first kappa shape index (κ1) is 17.5. The van der Waals surface area contributed by atoms with Crippen molar-refractivity contribution < 1.29 is 16.8 Å². The Balaban J connectivity index is 1.72. The van der Waals surface area contributed by atoms with Crippen LogP contribution in [0, 0.1) is 0 Å². The van der Waals surface area contributed by atoms with Gasteiger partial charge in [-0.2, -0.15) is 16.8 Å². The predicted octanol–water partition coefficient (Wildman–Crippen LogP) is 0.287. The number of hydrogen-bond acceptors (Lipinski definition) is 10. The number of piperazine rings is 1. The topological polar surface area (TPSA) is 163 Å². The Kier molecular flexibility index (Phi) is 3.77. The van der Waals surface area contributed by atoms with Crippen molar-refractivity contribution in [2.45, 2.75) is 5.91 Å². The lowest BCUT2D eigenvalue weighted by atomic mass is 10.1. The maximum Gasteiger partial charge on any atom is 0.408 e. The molecule has 11 heteroatoms. The second-order valence-corrected chi connectivity index (χ2v) is 7.65. The molecule has 2 saturated heterocycles. The van der Waals surface area contributed by atoms with Crippen LogP contribution in [0.15, 0.2) is 36.4 Å². The largest absolute Gasteiger partial charge is 0.408 e. The number of nitrogens with zero attached hydrogens (tertiary/aromatic N) is 2. The molecule has 2 aliphatic heterocycles. The minimum atomic E-state index is -4.07. The molecule has 4 rings (SSSR count). The van der Waals surface area contributed by atoms with E-state index in [4.69, 9.17) is 31.3 Å². The molecule has 2 heterocycles. The summed E-state index contributed by atoms with van der Waals surface area (Å²) < 4.78 is 33.7. The molecule has 0 amide bonds. The number of anilines is 6. The van der Waals surface area contributed by atoms with Gasteiger partial charge in [-0.05, 0) is 36.4 Å². The molecule has 2 aromatic carbocycles. The van der Waals surface area contributed by atoms with Crippen LogP contribution in [0.3, 0.4) is 0 Å². The van der Waals surface area contributed by atoms with Gasteiger partial charge in [0, 0.05) is 24.5 Å². The highest BCUT2D eigenvalue weighted by atomic mass is 32.3. The lowest BCUT2D eigenvalue weighted by Gasteiger charge is -2.53. The van der Waals surface area contributed by atoms with Crippen molar-refractivity contribution in [2.24, 2.45) is 0 Å². The zero-order valence-electron chi connectivity index (χ0n) is 14.3. The second-order valence-electron chi connectivity index (χ2n) is 6.50. The van der Waals surface area contributed by atoms with Crippen molar-refractivity contribution in [3.63, 3.8) is 0 Å². The Bertz CT molecular complexity index is 1000. The van der Waals surface area contributed by atoms with Crippen LogP contribution in [0.4, 0.5) is 34.1 Å². The normalized spacial score (nSPS) is 20.4. The summed E-state index contributed by atoms with van der Waals surface area (Å²) in [5.74, 6) is -1.56. The number of hydrogen-bond donors (Lipinski definition) is 4. The van der Waals surface area contributed by atoms with Crippen LogP contribution in [-0.4, -0.2) is 34.0 Å². The highest BCUT2D eigenvalue weighted by Gasteiger charge is 2.60. The van der Waals surface area contributed by atoms with Crippen molar-refractivity contribution in [1.29, 1.82) is 0 Å². The lowest BCUT2D eigenvalue weighted by Crippen LogP contribution is -2.72. The van der Waals surface area contributed by atoms with Crippen LogP contribution in [0.25, 0.3) is 0 Å². The summed E-state index contributed by atoms with van der Waals surface area (Å²) >= 11 is 0. The number of rotatable bonds is 2. The van der Waals surface area contributed by atoms with Gasteiger partial charge in [0.15, 0.2) is 0 Å². The number of nitrogen functional groups attached to an aromatic ring is 4. The van der Waals surface area contributed by atoms with E-state index in [0.717, 1.165) is 0 Å². The second kappa shape index (κ2) is 5.81. The van der Waals surface area contributed by atoms with Gasteiger partial charge in [-0.25, -0.2) is 0 Å². The van der Waals surface area contributed by atoms with E-state index < -0.39 is 16.3 Å². The van der Waals surface area contributed by atoms with E-state index in [1.54, 1.807) is 41.3 Å². The molecule has 10 nitrogen and oxygen atoms in total. The quantitative estimate of drug-likeness (QED) is 0.522. The molecular formula is C16H20N6O4S. The van der Waals surface area contributed by atoms with Crippen LogP contribution >= 0.6 is 0 Å². The third-order valence-corrected chi connectivity index (χ3v) is 5.53. The lowest BCUT2D eigenvalue weighted by molar-refractivity contribution is -0.184. The average Bonchev–Trinajstić information content (AvgIpc) is 2.57. The SMILES string of the molecule is Nc1ccc(N)c(N2CCN(c3cc(N)ccc3N)C3(C2)OS(=O)(=O)O3)c1. The Morgan fingerprint density at radius 1 is 0.852 bits per heavy atom. The molecule has 27 heavy (non-hydrogen) atoms. The van der Waals surface area contributed by atoms with Gasteiger partial charge in [0.1, 0.15) is 0 Å².